The van der Waals surface area contributed by atoms with Crippen molar-refractivity contribution in [3.8, 4) is 5.75 Å². The Morgan fingerprint density at radius 1 is 1.53 bits per heavy atom. The van der Waals surface area contributed by atoms with Crippen molar-refractivity contribution >= 4 is 11.6 Å². The molecule has 4 nitrogen and oxygen atoms in total. The fraction of sp³-hybridized carbons (Fsp3) is 0.462. The summed E-state index contributed by atoms with van der Waals surface area (Å²) in [6, 6.07) is 5.76. The van der Waals surface area contributed by atoms with Crippen molar-refractivity contribution in [1.82, 2.24) is 0 Å². The predicted molar refractivity (Wildman–Crippen MR) is 67.2 cm³/mol. The van der Waals surface area contributed by atoms with E-state index in [4.69, 9.17) is 10.5 Å². The molecule has 0 bridgehead atoms. The molecule has 1 amide bonds. The summed E-state index contributed by atoms with van der Waals surface area (Å²) in [5.74, 6) is 1.23. The van der Waals surface area contributed by atoms with Crippen molar-refractivity contribution in [3.05, 3.63) is 23.8 Å². The van der Waals surface area contributed by atoms with Gasteiger partial charge in [-0.2, -0.15) is 0 Å². The van der Waals surface area contributed by atoms with Crippen molar-refractivity contribution in [2.75, 3.05) is 25.1 Å². The number of rotatable bonds is 3. The fourth-order valence-electron chi connectivity index (χ4n) is 2.29. The van der Waals surface area contributed by atoms with Gasteiger partial charge in [-0.1, -0.05) is 6.07 Å². The number of anilines is 1. The molecule has 1 aromatic carbocycles. The summed E-state index contributed by atoms with van der Waals surface area (Å²) in [7, 11) is 1.64. The first-order valence-electron chi connectivity index (χ1n) is 5.81. The Morgan fingerprint density at radius 2 is 2.29 bits per heavy atom. The normalized spacial score (nSPS) is 19.8. The highest BCUT2D eigenvalue weighted by molar-refractivity contribution is 5.96. The minimum Gasteiger partial charge on any atom is -0.496 e. The SMILES string of the molecule is COc1cccc(N2CC(CN)CC2=O)c1C. The van der Waals surface area contributed by atoms with Crippen LogP contribution in [0.4, 0.5) is 5.69 Å². The first kappa shape index (κ1) is 11.9. The van der Waals surface area contributed by atoms with E-state index in [2.05, 4.69) is 0 Å². The van der Waals surface area contributed by atoms with Crippen LogP contribution >= 0.6 is 0 Å². The molecule has 2 N–H and O–H groups in total. The standard InChI is InChI=1S/C13H18N2O2/c1-9-11(4-3-5-12(9)17-2)15-8-10(7-14)6-13(15)16/h3-5,10H,6-8,14H2,1-2H3. The minimum absolute atomic E-state index is 0.150. The lowest BCUT2D eigenvalue weighted by Crippen LogP contribution is -2.26. The number of nitrogens with two attached hydrogens (primary N) is 1. The molecule has 1 aliphatic rings. The average molecular weight is 234 g/mol. The van der Waals surface area contributed by atoms with Gasteiger partial charge in [-0.3, -0.25) is 4.79 Å². The molecular formula is C13H18N2O2. The maximum absolute atomic E-state index is 11.9. The van der Waals surface area contributed by atoms with Gasteiger partial charge in [0, 0.05) is 18.5 Å². The second-order valence-electron chi connectivity index (χ2n) is 4.41. The van der Waals surface area contributed by atoms with E-state index in [0.29, 0.717) is 19.5 Å². The van der Waals surface area contributed by atoms with Crippen molar-refractivity contribution in [3.63, 3.8) is 0 Å². The quantitative estimate of drug-likeness (QED) is 0.858. The third kappa shape index (κ3) is 2.13. The molecule has 1 saturated heterocycles. The third-order valence-corrected chi connectivity index (χ3v) is 3.30. The number of nitrogens with zero attached hydrogens (tertiary/aromatic N) is 1. The topological polar surface area (TPSA) is 55.6 Å². The summed E-state index contributed by atoms with van der Waals surface area (Å²) < 4.78 is 5.27. The summed E-state index contributed by atoms with van der Waals surface area (Å²) in [5, 5.41) is 0. The molecule has 0 aliphatic carbocycles. The summed E-state index contributed by atoms with van der Waals surface area (Å²) in [6.07, 6.45) is 0.549. The van der Waals surface area contributed by atoms with Crippen LogP contribution in [0.25, 0.3) is 0 Å². The van der Waals surface area contributed by atoms with Gasteiger partial charge in [0.2, 0.25) is 5.91 Å². The molecule has 2 rings (SSSR count). The van der Waals surface area contributed by atoms with Crippen LogP contribution in [-0.4, -0.2) is 26.1 Å². The molecule has 92 valence electrons. The van der Waals surface area contributed by atoms with Crippen LogP contribution < -0.4 is 15.4 Å². The monoisotopic (exact) mass is 234 g/mol. The highest BCUT2D eigenvalue weighted by Gasteiger charge is 2.30. The van der Waals surface area contributed by atoms with Crippen molar-refractivity contribution in [1.29, 1.82) is 0 Å². The lowest BCUT2D eigenvalue weighted by atomic mass is 10.1. The highest BCUT2D eigenvalue weighted by Crippen LogP contribution is 2.32. The second kappa shape index (κ2) is 4.75. The van der Waals surface area contributed by atoms with Crippen molar-refractivity contribution in [2.24, 2.45) is 11.7 Å². The Balaban J connectivity index is 2.32. The molecular weight excluding hydrogens is 216 g/mol. The van der Waals surface area contributed by atoms with E-state index >= 15 is 0 Å². The molecule has 1 aromatic rings. The maximum Gasteiger partial charge on any atom is 0.227 e. The second-order valence-corrected chi connectivity index (χ2v) is 4.41. The highest BCUT2D eigenvalue weighted by atomic mass is 16.5. The first-order chi connectivity index (χ1) is 8.17. The smallest absolute Gasteiger partial charge is 0.227 e. The zero-order chi connectivity index (χ0) is 12.4. The van der Waals surface area contributed by atoms with Crippen LogP contribution in [-0.2, 0) is 4.79 Å². The fourth-order valence-corrected chi connectivity index (χ4v) is 2.29. The molecule has 0 spiro atoms. The number of benzene rings is 1. The van der Waals surface area contributed by atoms with E-state index in [1.54, 1.807) is 7.11 Å². The number of hydrogen-bond donors (Lipinski definition) is 1. The van der Waals surface area contributed by atoms with Crippen LogP contribution in [0, 0.1) is 12.8 Å². The van der Waals surface area contributed by atoms with Crippen LogP contribution in [0.1, 0.15) is 12.0 Å². The van der Waals surface area contributed by atoms with E-state index in [1.807, 2.05) is 30.0 Å². The Kier molecular flexibility index (Phi) is 3.33. The van der Waals surface area contributed by atoms with Gasteiger partial charge in [-0.05, 0) is 31.5 Å². The zero-order valence-corrected chi connectivity index (χ0v) is 10.3. The van der Waals surface area contributed by atoms with E-state index in [0.717, 1.165) is 17.0 Å². The van der Waals surface area contributed by atoms with E-state index in [-0.39, 0.29) is 11.8 Å². The molecule has 1 fully saturated rings. The summed E-state index contributed by atoms with van der Waals surface area (Å²) >= 11 is 0. The molecule has 0 radical (unpaired) electrons. The Bertz CT molecular complexity index is 431. The Hall–Kier alpha value is -1.55. The van der Waals surface area contributed by atoms with E-state index < -0.39 is 0 Å². The summed E-state index contributed by atoms with van der Waals surface area (Å²) in [5.41, 5.74) is 7.56. The largest absolute Gasteiger partial charge is 0.496 e. The van der Waals surface area contributed by atoms with E-state index in [1.165, 1.54) is 0 Å². The number of carbonyl (C=O) groups is 1. The molecule has 1 atom stereocenters. The molecule has 0 saturated carbocycles. The van der Waals surface area contributed by atoms with Crippen LogP contribution in [0.3, 0.4) is 0 Å². The molecule has 0 aromatic heterocycles. The number of hydrogen-bond acceptors (Lipinski definition) is 3. The number of ether oxygens (including phenoxy) is 1. The van der Waals surface area contributed by atoms with Crippen molar-refractivity contribution in [2.45, 2.75) is 13.3 Å². The molecule has 1 aliphatic heterocycles. The lowest BCUT2D eigenvalue weighted by Gasteiger charge is -2.20. The molecule has 4 heteroatoms. The van der Waals surface area contributed by atoms with E-state index in [9.17, 15) is 4.79 Å². The number of carbonyl (C=O) groups excluding carboxylic acids is 1. The number of amides is 1. The first-order valence-corrected chi connectivity index (χ1v) is 5.81. The zero-order valence-electron chi connectivity index (χ0n) is 10.3. The summed E-state index contributed by atoms with van der Waals surface area (Å²) in [4.78, 5) is 13.7. The molecule has 1 unspecified atom stereocenters. The maximum atomic E-state index is 11.9. The number of methoxy groups -OCH3 is 1. The Morgan fingerprint density at radius 3 is 2.88 bits per heavy atom. The van der Waals surface area contributed by atoms with Gasteiger partial charge in [-0.25, -0.2) is 0 Å². The van der Waals surface area contributed by atoms with Gasteiger partial charge in [-0.15, -0.1) is 0 Å². The van der Waals surface area contributed by atoms with Gasteiger partial charge in [0.1, 0.15) is 5.75 Å². The van der Waals surface area contributed by atoms with Gasteiger partial charge in [0.25, 0.3) is 0 Å². The third-order valence-electron chi connectivity index (χ3n) is 3.30. The molecule has 1 heterocycles. The van der Waals surface area contributed by atoms with Gasteiger partial charge >= 0.3 is 0 Å². The Labute approximate surface area is 101 Å². The minimum atomic E-state index is 0.150. The van der Waals surface area contributed by atoms with Crippen molar-refractivity contribution < 1.29 is 9.53 Å². The summed E-state index contributed by atoms with van der Waals surface area (Å²) in [6.45, 7) is 3.24. The van der Waals surface area contributed by atoms with Gasteiger partial charge in [0.15, 0.2) is 0 Å². The van der Waals surface area contributed by atoms with Gasteiger partial charge in [0.05, 0.1) is 12.8 Å². The average Bonchev–Trinajstić information content (AvgIpc) is 2.71. The molecule has 17 heavy (non-hydrogen) atoms. The van der Waals surface area contributed by atoms with Crippen LogP contribution in [0.5, 0.6) is 5.75 Å². The lowest BCUT2D eigenvalue weighted by molar-refractivity contribution is -0.117. The van der Waals surface area contributed by atoms with Gasteiger partial charge < -0.3 is 15.4 Å². The predicted octanol–water partition coefficient (Wildman–Crippen LogP) is 1.32. The van der Waals surface area contributed by atoms with Crippen LogP contribution in [0.2, 0.25) is 0 Å². The van der Waals surface area contributed by atoms with Crippen LogP contribution in [0.15, 0.2) is 18.2 Å².